The Morgan fingerprint density at radius 3 is 2.16 bits per heavy atom. The van der Waals surface area contributed by atoms with Crippen LogP contribution in [0.1, 0.15) is 22.3 Å². The summed E-state index contributed by atoms with van der Waals surface area (Å²) in [5.74, 6) is 2.48. The van der Waals surface area contributed by atoms with Crippen LogP contribution in [0.4, 0.5) is 0 Å². The smallest absolute Gasteiger partial charge is 0.0972 e. The molecular weight excluding hydrogens is 488 g/mol. The molecule has 3 aromatic carbocycles. The van der Waals surface area contributed by atoms with Crippen LogP contribution in [-0.2, 0) is 17.8 Å². The fourth-order valence-electron chi connectivity index (χ4n) is 5.48. The molecule has 6 heteroatoms. The first kappa shape index (κ1) is 25.5. The lowest BCUT2D eigenvalue weighted by molar-refractivity contribution is 0.0341. The molecule has 2 fully saturated rings. The Bertz CT molecular complexity index is 1430. The van der Waals surface area contributed by atoms with E-state index in [2.05, 4.69) is 90.0 Å². The molecule has 0 saturated carbocycles. The molecule has 2 aliphatic heterocycles. The Balaban J connectivity index is 1.28. The van der Waals surface area contributed by atoms with Crippen molar-refractivity contribution in [3.05, 3.63) is 83.0 Å². The average molecular weight is 525 g/mol. The van der Waals surface area contributed by atoms with Gasteiger partial charge in [0.25, 0.3) is 0 Å². The van der Waals surface area contributed by atoms with Gasteiger partial charge in [0.15, 0.2) is 0 Å². The van der Waals surface area contributed by atoms with Crippen LogP contribution in [-0.4, -0.2) is 70.7 Å². The number of hydrogen-bond donors (Lipinski definition) is 0. The van der Waals surface area contributed by atoms with Crippen LogP contribution >= 0.6 is 11.8 Å². The van der Waals surface area contributed by atoms with Crippen molar-refractivity contribution in [2.45, 2.75) is 26.9 Å². The number of aryl methyl sites for hydroxylation is 2. The summed E-state index contributed by atoms with van der Waals surface area (Å²) in [5.41, 5.74) is 11.7. The van der Waals surface area contributed by atoms with Crippen molar-refractivity contribution in [1.29, 1.82) is 0 Å². The van der Waals surface area contributed by atoms with E-state index in [1.165, 1.54) is 52.4 Å². The summed E-state index contributed by atoms with van der Waals surface area (Å²) < 4.78 is 5.50. The van der Waals surface area contributed by atoms with Crippen molar-refractivity contribution in [3.8, 4) is 22.4 Å². The minimum atomic E-state index is 0.825. The van der Waals surface area contributed by atoms with Crippen molar-refractivity contribution in [2.75, 3.05) is 50.9 Å². The zero-order valence-electron chi connectivity index (χ0n) is 22.4. The Kier molecular flexibility index (Phi) is 7.75. The molecule has 38 heavy (non-hydrogen) atoms. The molecule has 0 radical (unpaired) electrons. The van der Waals surface area contributed by atoms with Crippen molar-refractivity contribution < 1.29 is 4.74 Å². The summed E-state index contributed by atoms with van der Waals surface area (Å²) in [5, 5.41) is 0. The number of hydrogen-bond acceptors (Lipinski definition) is 6. The first-order chi connectivity index (χ1) is 18.6. The number of aromatic nitrogens is 2. The lowest BCUT2D eigenvalue weighted by Gasteiger charge is -2.27. The Labute approximate surface area is 230 Å². The maximum absolute atomic E-state index is 5.50. The maximum Gasteiger partial charge on any atom is 0.0972 e. The van der Waals surface area contributed by atoms with Gasteiger partial charge in [0, 0.05) is 61.9 Å². The molecule has 0 bridgehead atoms. The van der Waals surface area contributed by atoms with Gasteiger partial charge in [-0.2, -0.15) is 11.8 Å². The van der Waals surface area contributed by atoms with Crippen LogP contribution in [0, 0.1) is 13.8 Å². The summed E-state index contributed by atoms with van der Waals surface area (Å²) in [6.45, 7) is 12.5. The minimum Gasteiger partial charge on any atom is -0.379 e. The Morgan fingerprint density at radius 1 is 0.789 bits per heavy atom. The number of thioether (sulfide) groups is 1. The Morgan fingerprint density at radius 2 is 1.45 bits per heavy atom. The molecule has 6 rings (SSSR count). The van der Waals surface area contributed by atoms with E-state index in [-0.39, 0.29) is 0 Å². The third kappa shape index (κ3) is 5.64. The number of nitrogens with zero attached hydrogens (tertiary/aromatic N) is 4. The lowest BCUT2D eigenvalue weighted by atomic mass is 9.98. The normalized spacial score (nSPS) is 17.2. The van der Waals surface area contributed by atoms with E-state index >= 15 is 0 Å². The number of rotatable bonds is 6. The SMILES string of the molecule is Cc1cc(-c2cnc3cccc(-c4ccc(CN5CCSCC5)c(C)c4)c3n2)ccc1CN1CCOCC1. The maximum atomic E-state index is 5.50. The fourth-order valence-corrected chi connectivity index (χ4v) is 6.46. The van der Waals surface area contributed by atoms with Gasteiger partial charge < -0.3 is 4.74 Å². The fraction of sp³-hybridized carbons (Fsp3) is 0.375. The molecule has 0 N–H and O–H groups in total. The van der Waals surface area contributed by atoms with Gasteiger partial charge in [0.2, 0.25) is 0 Å². The number of para-hydroxylation sites is 1. The predicted molar refractivity (Wildman–Crippen MR) is 159 cm³/mol. The van der Waals surface area contributed by atoms with Gasteiger partial charge in [-0.1, -0.05) is 42.5 Å². The molecule has 0 atom stereocenters. The molecule has 0 amide bonds. The predicted octanol–water partition coefficient (Wildman–Crippen LogP) is 5.96. The highest BCUT2D eigenvalue weighted by Crippen LogP contribution is 2.31. The first-order valence-corrected chi connectivity index (χ1v) is 14.9. The van der Waals surface area contributed by atoms with Crippen LogP contribution in [0.5, 0.6) is 0 Å². The van der Waals surface area contributed by atoms with E-state index in [1.54, 1.807) is 0 Å². The van der Waals surface area contributed by atoms with Crippen LogP contribution < -0.4 is 0 Å². The van der Waals surface area contributed by atoms with E-state index in [9.17, 15) is 0 Å². The monoisotopic (exact) mass is 524 g/mol. The second-order valence-corrected chi connectivity index (χ2v) is 11.7. The van der Waals surface area contributed by atoms with E-state index in [0.717, 1.165) is 67.2 Å². The molecule has 5 nitrogen and oxygen atoms in total. The molecule has 0 spiro atoms. The number of fused-ring (bicyclic) bond motifs is 1. The van der Waals surface area contributed by atoms with E-state index in [0.29, 0.717) is 0 Å². The Hall–Kier alpha value is -2.77. The zero-order valence-corrected chi connectivity index (χ0v) is 23.3. The van der Waals surface area contributed by atoms with Crippen molar-refractivity contribution in [1.82, 2.24) is 19.8 Å². The summed E-state index contributed by atoms with van der Waals surface area (Å²) >= 11 is 2.06. The molecule has 3 heterocycles. The summed E-state index contributed by atoms with van der Waals surface area (Å²) in [7, 11) is 0. The van der Waals surface area contributed by atoms with Gasteiger partial charge in [-0.05, 0) is 53.8 Å². The van der Waals surface area contributed by atoms with Crippen LogP contribution in [0.15, 0.2) is 60.8 Å². The summed E-state index contributed by atoms with van der Waals surface area (Å²) in [6, 6.07) is 19.9. The minimum absolute atomic E-state index is 0.825. The molecule has 1 aromatic heterocycles. The van der Waals surface area contributed by atoms with Gasteiger partial charge in [-0.25, -0.2) is 4.98 Å². The molecule has 4 aromatic rings. The van der Waals surface area contributed by atoms with Crippen LogP contribution in [0.3, 0.4) is 0 Å². The topological polar surface area (TPSA) is 41.5 Å². The highest BCUT2D eigenvalue weighted by molar-refractivity contribution is 7.99. The van der Waals surface area contributed by atoms with Crippen LogP contribution in [0.2, 0.25) is 0 Å². The zero-order chi connectivity index (χ0) is 25.9. The average Bonchev–Trinajstić information content (AvgIpc) is 2.96. The highest BCUT2D eigenvalue weighted by Gasteiger charge is 2.15. The summed E-state index contributed by atoms with van der Waals surface area (Å²) in [6.07, 6.45) is 1.91. The molecule has 2 saturated heterocycles. The second-order valence-electron chi connectivity index (χ2n) is 10.5. The standard InChI is InChI=1S/C32H36N4OS/c1-23-18-25(6-8-27(23)22-36-12-16-38-17-13-36)29-4-3-5-30-32(29)34-31(20-33-30)26-7-9-28(24(2)19-26)21-35-10-14-37-15-11-35/h3-9,18-20H,10-17,21-22H2,1-2H3. The molecule has 0 aliphatic carbocycles. The molecule has 2 aliphatic rings. The summed E-state index contributed by atoms with van der Waals surface area (Å²) in [4.78, 5) is 15.0. The van der Waals surface area contributed by atoms with Crippen molar-refractivity contribution in [3.63, 3.8) is 0 Å². The highest BCUT2D eigenvalue weighted by atomic mass is 32.2. The van der Waals surface area contributed by atoms with E-state index < -0.39 is 0 Å². The van der Waals surface area contributed by atoms with Crippen molar-refractivity contribution >= 4 is 22.8 Å². The molecular formula is C32H36N4OS. The van der Waals surface area contributed by atoms with Crippen molar-refractivity contribution in [2.24, 2.45) is 0 Å². The lowest BCUT2D eigenvalue weighted by Crippen LogP contribution is -2.35. The number of benzene rings is 3. The van der Waals surface area contributed by atoms with Gasteiger partial charge >= 0.3 is 0 Å². The molecule has 0 unspecified atom stereocenters. The van der Waals surface area contributed by atoms with Gasteiger partial charge in [-0.3, -0.25) is 14.8 Å². The second kappa shape index (κ2) is 11.5. The number of morpholine rings is 1. The largest absolute Gasteiger partial charge is 0.379 e. The molecule has 196 valence electrons. The third-order valence-corrected chi connectivity index (χ3v) is 8.80. The first-order valence-electron chi connectivity index (χ1n) is 13.7. The van der Waals surface area contributed by atoms with Gasteiger partial charge in [0.1, 0.15) is 0 Å². The van der Waals surface area contributed by atoms with Crippen LogP contribution in [0.25, 0.3) is 33.4 Å². The number of ether oxygens (including phenoxy) is 1. The van der Waals surface area contributed by atoms with Gasteiger partial charge in [-0.15, -0.1) is 0 Å². The van der Waals surface area contributed by atoms with E-state index in [4.69, 9.17) is 14.7 Å². The third-order valence-electron chi connectivity index (χ3n) is 7.86. The quantitative estimate of drug-likeness (QED) is 0.310. The van der Waals surface area contributed by atoms with E-state index in [1.807, 2.05) is 6.20 Å². The van der Waals surface area contributed by atoms with Gasteiger partial charge in [0.05, 0.1) is 36.1 Å².